The van der Waals surface area contributed by atoms with Crippen molar-refractivity contribution in [3.8, 4) is 0 Å². The van der Waals surface area contributed by atoms with Crippen LogP contribution in [0.4, 0.5) is 52.7 Å². The van der Waals surface area contributed by atoms with Gasteiger partial charge in [-0.3, -0.25) is 4.79 Å². The molecule has 0 heterocycles. The van der Waals surface area contributed by atoms with Crippen molar-refractivity contribution in [1.29, 1.82) is 0 Å². The fourth-order valence-corrected chi connectivity index (χ4v) is 8.41. The lowest BCUT2D eigenvalue weighted by molar-refractivity contribution is -0.138. The minimum Gasteiger partial charge on any atom is -0.289 e. The second-order valence-electron chi connectivity index (χ2n) is 14.1. The summed E-state index contributed by atoms with van der Waals surface area (Å²) >= 11 is 0. The van der Waals surface area contributed by atoms with Crippen molar-refractivity contribution < 1.29 is 61.7 Å². The summed E-state index contributed by atoms with van der Waals surface area (Å²) in [4.78, 5) is 12.9. The van der Waals surface area contributed by atoms with Gasteiger partial charge in [-0.05, 0) is 19.1 Å². The van der Waals surface area contributed by atoms with Gasteiger partial charge >= 0.3 is 24.7 Å². The number of rotatable bonds is 8. The first kappa shape index (κ1) is 45.4. The molecule has 0 aliphatic heterocycles. The normalized spacial score (nSPS) is 13.5. The van der Waals surface area contributed by atoms with E-state index in [1.54, 1.807) is 18.4 Å². The van der Waals surface area contributed by atoms with Crippen LogP contribution < -0.4 is 21.9 Å². The summed E-state index contributed by atoms with van der Waals surface area (Å²) in [6.45, 7) is 1.98. The molecular formula is C44H33BF12O2S. The number of aryl methyl sites for hydroxylation is 1. The Balaban J connectivity index is 0.000000299. The maximum absolute atomic E-state index is 13.3. The zero-order valence-corrected chi connectivity index (χ0v) is 32.3. The zero-order valence-electron chi connectivity index (χ0n) is 31.5. The van der Waals surface area contributed by atoms with Gasteiger partial charge in [0.2, 0.25) is 5.78 Å². The van der Waals surface area contributed by atoms with Gasteiger partial charge in [-0.2, -0.15) is 74.5 Å². The van der Waals surface area contributed by atoms with E-state index < -0.39 is 63.0 Å². The van der Waals surface area contributed by atoms with E-state index in [-0.39, 0.29) is 33.4 Å². The van der Waals surface area contributed by atoms with Gasteiger partial charge in [-0.1, -0.05) is 149 Å². The van der Waals surface area contributed by atoms with E-state index in [9.17, 15) is 61.7 Å². The van der Waals surface area contributed by atoms with Gasteiger partial charge in [0.05, 0.1) is 22.3 Å². The lowest BCUT2D eigenvalue weighted by Gasteiger charge is -2.44. The summed E-state index contributed by atoms with van der Waals surface area (Å²) in [7, 11) is -2.32. The smallest absolute Gasteiger partial charge is 0.289 e. The van der Waals surface area contributed by atoms with Gasteiger partial charge in [0, 0.05) is 5.56 Å². The molecule has 0 bridgehead atoms. The van der Waals surface area contributed by atoms with Crippen molar-refractivity contribution in [3.05, 3.63) is 185 Å². The number of ketones is 1. The van der Waals surface area contributed by atoms with Gasteiger partial charge in [-0.15, -0.1) is 0 Å². The van der Waals surface area contributed by atoms with Crippen LogP contribution in [0.3, 0.4) is 0 Å². The predicted octanol–water partition coefficient (Wildman–Crippen LogP) is 10.5. The Bertz CT molecular complexity index is 2190. The highest BCUT2D eigenvalue weighted by Crippen LogP contribution is 2.32. The zero-order chi connectivity index (χ0) is 44.3. The first-order chi connectivity index (χ1) is 27.8. The summed E-state index contributed by atoms with van der Waals surface area (Å²) in [6.07, 6.45) is -20.3. The van der Waals surface area contributed by atoms with E-state index in [0.717, 1.165) is 59.0 Å². The number of alkyl halides is 12. The molecule has 0 aliphatic carbocycles. The third-order valence-corrected chi connectivity index (χ3v) is 12.1. The topological polar surface area (TPSA) is 34.1 Å². The highest BCUT2D eigenvalue weighted by Gasteiger charge is 2.38. The van der Waals surface area contributed by atoms with E-state index >= 15 is 0 Å². The molecule has 0 amide bonds. The Hall–Kier alpha value is -5.64. The van der Waals surface area contributed by atoms with E-state index in [2.05, 4.69) is 0 Å². The summed E-state index contributed by atoms with van der Waals surface area (Å²) in [6, 6.07) is 30.1. The van der Waals surface area contributed by atoms with Crippen molar-refractivity contribution in [1.82, 2.24) is 0 Å². The van der Waals surface area contributed by atoms with Crippen LogP contribution in [0.25, 0.3) is 0 Å². The highest BCUT2D eigenvalue weighted by molar-refractivity contribution is 8.03. The fraction of sp³-hybridized carbons (Fsp3) is 0.159. The van der Waals surface area contributed by atoms with Crippen molar-refractivity contribution in [2.75, 3.05) is 12.0 Å². The van der Waals surface area contributed by atoms with E-state index in [1.807, 2.05) is 49.4 Å². The molecule has 16 heteroatoms. The van der Waals surface area contributed by atoms with Crippen LogP contribution in [0, 0.1) is 6.92 Å². The molecule has 60 heavy (non-hydrogen) atoms. The number of hydrogen-bond donors (Lipinski definition) is 0. The number of carbonyl (C=O) groups excluding carboxylic acids is 1. The standard InChI is InChI=1S/C28H16BF12.C16H17O2S/c30-25(31,32)17-1-9-21(10-2-17)29(22-11-3-18(4-12-22)26(33,34)35,23-13-5-19(6-14-23)27(36,37)38)24-15-7-20(8-16-24)28(39,40)41;1-13-8-10-15(11-9-13)19(2,18)12-16(17)14-6-4-3-5-7-14/h1-16H;3-11H,12H2,1-2H3/q-1;+1. The van der Waals surface area contributed by atoms with Crippen LogP contribution in [0.5, 0.6) is 0 Å². The van der Waals surface area contributed by atoms with Crippen LogP contribution in [-0.2, 0) is 38.8 Å². The average Bonchev–Trinajstić information content (AvgIpc) is 3.18. The van der Waals surface area contributed by atoms with Crippen LogP contribution in [0.2, 0.25) is 0 Å². The van der Waals surface area contributed by atoms with E-state index in [1.165, 1.54) is 0 Å². The Kier molecular flexibility index (Phi) is 13.0. The summed E-state index contributed by atoms with van der Waals surface area (Å²) < 4.78 is 173. The van der Waals surface area contributed by atoms with Crippen LogP contribution in [-0.4, -0.2) is 23.9 Å². The monoisotopic (exact) mass is 864 g/mol. The van der Waals surface area contributed by atoms with Crippen molar-refractivity contribution in [3.63, 3.8) is 0 Å². The van der Waals surface area contributed by atoms with Crippen LogP contribution in [0.15, 0.2) is 157 Å². The molecule has 0 saturated heterocycles. The SMILES string of the molecule is Cc1ccc([S+](C)(=O)CC(=O)c2ccccc2)cc1.FC(F)(F)c1ccc([B-](c2ccc(C(F)(F)F)cc2)(c2ccc(C(F)(F)F)cc2)c2ccc(C(F)(F)F)cc2)cc1. The number of carbonyl (C=O) groups is 1. The molecule has 1 atom stereocenters. The molecular weight excluding hydrogens is 831 g/mol. The van der Waals surface area contributed by atoms with E-state index in [4.69, 9.17) is 0 Å². The molecule has 0 aromatic heterocycles. The first-order valence-electron chi connectivity index (χ1n) is 17.8. The molecule has 6 aromatic carbocycles. The molecule has 0 fully saturated rings. The molecule has 2 nitrogen and oxygen atoms in total. The summed E-state index contributed by atoms with van der Waals surface area (Å²) in [5.41, 5.74) is -2.56. The third kappa shape index (κ3) is 10.4. The van der Waals surface area contributed by atoms with E-state index in [0.29, 0.717) is 54.1 Å². The quantitative estimate of drug-likeness (QED) is 0.0661. The summed E-state index contributed by atoms with van der Waals surface area (Å²) in [5.74, 6) is -0.0197. The summed E-state index contributed by atoms with van der Waals surface area (Å²) in [5, 5.41) is 0. The Labute approximate surface area is 338 Å². The average molecular weight is 865 g/mol. The number of benzene rings is 6. The number of halogens is 12. The maximum atomic E-state index is 13.3. The Morgan fingerprint density at radius 3 is 1.00 bits per heavy atom. The molecule has 6 aromatic rings. The molecule has 0 radical (unpaired) electrons. The fourth-order valence-electron chi connectivity index (χ4n) is 6.86. The maximum Gasteiger partial charge on any atom is 0.416 e. The molecule has 0 aliphatic rings. The molecule has 0 saturated carbocycles. The second-order valence-corrected chi connectivity index (χ2v) is 16.9. The second kappa shape index (κ2) is 17.2. The lowest BCUT2D eigenvalue weighted by Crippen LogP contribution is -2.74. The highest BCUT2D eigenvalue weighted by atomic mass is 32.2. The molecule has 6 rings (SSSR count). The van der Waals surface area contributed by atoms with Crippen molar-refractivity contribution >= 4 is 43.7 Å². The number of Topliss-reactive ketones (excluding diaryl/α,β-unsaturated/α-hetero) is 1. The molecule has 0 N–H and O–H groups in total. The molecule has 0 spiro atoms. The Morgan fingerprint density at radius 2 is 0.733 bits per heavy atom. The molecule has 314 valence electrons. The predicted molar refractivity (Wildman–Crippen MR) is 209 cm³/mol. The van der Waals surface area contributed by atoms with Gasteiger partial charge < -0.3 is 0 Å². The van der Waals surface area contributed by atoms with Crippen LogP contribution >= 0.6 is 0 Å². The van der Waals surface area contributed by atoms with Crippen LogP contribution in [0.1, 0.15) is 38.2 Å². The number of hydrogen-bond acceptors (Lipinski definition) is 2. The van der Waals surface area contributed by atoms with Gasteiger partial charge in [0.1, 0.15) is 22.3 Å². The van der Waals surface area contributed by atoms with Crippen molar-refractivity contribution in [2.45, 2.75) is 36.5 Å². The van der Waals surface area contributed by atoms with Gasteiger partial charge in [-0.25, -0.2) is 0 Å². The van der Waals surface area contributed by atoms with Crippen molar-refractivity contribution in [2.24, 2.45) is 0 Å². The lowest BCUT2D eigenvalue weighted by atomic mass is 9.13. The Morgan fingerprint density at radius 1 is 0.450 bits per heavy atom. The first-order valence-corrected chi connectivity index (χ1v) is 20.0. The third-order valence-electron chi connectivity index (χ3n) is 9.97. The minimum absolute atomic E-state index is 0.0114. The minimum atomic E-state index is -4.77. The largest absolute Gasteiger partial charge is 0.416 e. The molecule has 1 unspecified atom stereocenters. The van der Waals surface area contributed by atoms with Gasteiger partial charge in [0.15, 0.2) is 10.6 Å². The van der Waals surface area contributed by atoms with Gasteiger partial charge in [0.25, 0.3) is 0 Å².